The van der Waals surface area contributed by atoms with Crippen LogP contribution in [0, 0.1) is 0 Å². The van der Waals surface area contributed by atoms with Crippen LogP contribution in [0.15, 0.2) is 18.2 Å². The number of likely N-dealkylation sites (N-methyl/N-ethyl adjacent to an activating group) is 1. The van der Waals surface area contributed by atoms with Gasteiger partial charge in [-0.15, -0.1) is 0 Å². The van der Waals surface area contributed by atoms with Crippen LogP contribution in [0.2, 0.25) is 0 Å². The molecule has 1 aromatic rings. The first-order valence-electron chi connectivity index (χ1n) is 5.59. The number of rotatable bonds is 4. The number of carbonyl (C=O) groups is 2. The first-order valence-corrected chi connectivity index (χ1v) is 5.59. The smallest absolute Gasteiger partial charge is 0.341 e. The molecule has 1 rings (SSSR count). The Balaban J connectivity index is 2.73. The number of benzene rings is 1. The van der Waals surface area contributed by atoms with Crippen molar-refractivity contribution in [1.29, 1.82) is 0 Å². The van der Waals surface area contributed by atoms with E-state index in [0.29, 0.717) is 12.2 Å². The second-order valence-corrected chi connectivity index (χ2v) is 3.79. The zero-order valence-corrected chi connectivity index (χ0v) is 10.4. The average molecular weight is 251 g/mol. The fraction of sp³-hybridized carbons (Fsp3) is 0.333. The molecule has 1 aromatic carbocycles. The van der Waals surface area contributed by atoms with Gasteiger partial charge in [-0.1, -0.05) is 0 Å². The van der Waals surface area contributed by atoms with E-state index in [2.05, 4.69) is 5.32 Å². The summed E-state index contributed by atoms with van der Waals surface area (Å²) in [5.74, 6) is -0.994. The number of hydrogen-bond donors (Lipinski definition) is 3. The van der Waals surface area contributed by atoms with Crippen LogP contribution < -0.4 is 16.8 Å². The fourth-order valence-electron chi connectivity index (χ4n) is 1.36. The molecular formula is C12H17N3O3. The lowest BCUT2D eigenvalue weighted by Gasteiger charge is -2.13. The van der Waals surface area contributed by atoms with Crippen molar-refractivity contribution >= 4 is 23.3 Å². The monoisotopic (exact) mass is 251 g/mol. The van der Waals surface area contributed by atoms with Gasteiger partial charge >= 0.3 is 5.97 Å². The van der Waals surface area contributed by atoms with Gasteiger partial charge in [0.05, 0.1) is 5.56 Å². The van der Waals surface area contributed by atoms with Crippen LogP contribution in [-0.2, 0) is 9.53 Å². The standard InChI is InChI=1S/C12H17N3O3/c1-3-15-11(16)7(2)18-12(17)9-5-4-8(13)6-10(9)14/h4-7H,3,13-14H2,1-2H3,(H,15,16). The van der Waals surface area contributed by atoms with Gasteiger partial charge in [0.1, 0.15) is 0 Å². The highest BCUT2D eigenvalue weighted by Gasteiger charge is 2.19. The summed E-state index contributed by atoms with van der Waals surface area (Å²) in [4.78, 5) is 23.2. The maximum Gasteiger partial charge on any atom is 0.341 e. The van der Waals surface area contributed by atoms with Crippen molar-refractivity contribution in [2.45, 2.75) is 20.0 Å². The molecule has 0 aliphatic carbocycles. The van der Waals surface area contributed by atoms with Gasteiger partial charge < -0.3 is 21.5 Å². The topological polar surface area (TPSA) is 107 Å². The van der Waals surface area contributed by atoms with E-state index in [1.165, 1.54) is 19.1 Å². The lowest BCUT2D eigenvalue weighted by atomic mass is 10.1. The van der Waals surface area contributed by atoms with Gasteiger partial charge in [-0.3, -0.25) is 4.79 Å². The Hall–Kier alpha value is -2.24. The lowest BCUT2D eigenvalue weighted by Crippen LogP contribution is -2.35. The van der Waals surface area contributed by atoms with E-state index in [1.807, 2.05) is 0 Å². The van der Waals surface area contributed by atoms with Crippen molar-refractivity contribution in [3.63, 3.8) is 0 Å². The quantitative estimate of drug-likeness (QED) is 0.534. The van der Waals surface area contributed by atoms with Gasteiger partial charge in [-0.05, 0) is 32.0 Å². The zero-order valence-electron chi connectivity index (χ0n) is 10.4. The van der Waals surface area contributed by atoms with E-state index in [9.17, 15) is 9.59 Å². The molecule has 0 aromatic heterocycles. The summed E-state index contributed by atoms with van der Waals surface area (Å²) in [6, 6.07) is 4.48. The lowest BCUT2D eigenvalue weighted by molar-refractivity contribution is -0.128. The van der Waals surface area contributed by atoms with Crippen LogP contribution >= 0.6 is 0 Å². The third-order valence-corrected chi connectivity index (χ3v) is 2.30. The number of nitrogens with two attached hydrogens (primary N) is 2. The minimum absolute atomic E-state index is 0.195. The molecule has 0 bridgehead atoms. The number of nitrogens with one attached hydrogen (secondary N) is 1. The molecule has 0 spiro atoms. The van der Waals surface area contributed by atoms with Gasteiger partial charge in [-0.2, -0.15) is 0 Å². The van der Waals surface area contributed by atoms with Crippen LogP contribution in [0.3, 0.4) is 0 Å². The summed E-state index contributed by atoms with van der Waals surface area (Å²) in [7, 11) is 0. The second kappa shape index (κ2) is 5.90. The van der Waals surface area contributed by atoms with Gasteiger partial charge in [0.25, 0.3) is 5.91 Å². The number of carbonyl (C=O) groups excluding carboxylic acids is 2. The van der Waals surface area contributed by atoms with Crippen molar-refractivity contribution in [3.8, 4) is 0 Å². The van der Waals surface area contributed by atoms with Crippen LogP contribution in [0.5, 0.6) is 0 Å². The van der Waals surface area contributed by atoms with Crippen molar-refractivity contribution in [2.24, 2.45) is 0 Å². The number of ether oxygens (including phenoxy) is 1. The van der Waals surface area contributed by atoms with Crippen molar-refractivity contribution < 1.29 is 14.3 Å². The Morgan fingerprint density at radius 3 is 2.61 bits per heavy atom. The van der Waals surface area contributed by atoms with E-state index < -0.39 is 12.1 Å². The minimum Gasteiger partial charge on any atom is -0.449 e. The van der Waals surface area contributed by atoms with Gasteiger partial charge in [0, 0.05) is 17.9 Å². The molecule has 5 N–H and O–H groups in total. The number of hydrogen-bond acceptors (Lipinski definition) is 5. The third kappa shape index (κ3) is 3.38. The number of anilines is 2. The molecule has 6 heteroatoms. The summed E-state index contributed by atoms with van der Waals surface area (Å²) in [6.07, 6.45) is -0.866. The van der Waals surface area contributed by atoms with E-state index in [-0.39, 0.29) is 17.2 Å². The minimum atomic E-state index is -0.866. The molecule has 0 aliphatic heterocycles. The van der Waals surface area contributed by atoms with E-state index >= 15 is 0 Å². The highest BCUT2D eigenvalue weighted by atomic mass is 16.5. The van der Waals surface area contributed by atoms with Crippen molar-refractivity contribution in [2.75, 3.05) is 18.0 Å². The maximum atomic E-state index is 11.8. The maximum absolute atomic E-state index is 11.8. The Kier molecular flexibility index (Phi) is 4.53. The summed E-state index contributed by atoms with van der Waals surface area (Å²) in [5.41, 5.74) is 12.1. The van der Waals surface area contributed by atoms with Crippen LogP contribution in [0.25, 0.3) is 0 Å². The summed E-state index contributed by atoms with van der Waals surface area (Å²) >= 11 is 0. The Labute approximate surface area is 105 Å². The molecule has 0 saturated carbocycles. The normalized spacial score (nSPS) is 11.7. The molecule has 0 saturated heterocycles. The van der Waals surface area contributed by atoms with E-state index in [1.54, 1.807) is 13.0 Å². The van der Waals surface area contributed by atoms with Crippen LogP contribution in [-0.4, -0.2) is 24.5 Å². The average Bonchev–Trinajstić information content (AvgIpc) is 2.28. The first kappa shape index (κ1) is 13.8. The summed E-state index contributed by atoms with van der Waals surface area (Å²) < 4.78 is 5.00. The van der Waals surface area contributed by atoms with E-state index in [4.69, 9.17) is 16.2 Å². The fourth-order valence-corrected chi connectivity index (χ4v) is 1.36. The molecule has 0 fully saturated rings. The Bertz CT molecular complexity index is 460. The number of amides is 1. The Morgan fingerprint density at radius 2 is 2.06 bits per heavy atom. The first-order chi connectivity index (χ1) is 8.45. The molecule has 1 atom stereocenters. The predicted octanol–water partition coefficient (Wildman–Crippen LogP) is 0.532. The van der Waals surface area contributed by atoms with Crippen molar-refractivity contribution in [3.05, 3.63) is 23.8 Å². The van der Waals surface area contributed by atoms with Gasteiger partial charge in [0.15, 0.2) is 6.10 Å². The molecule has 0 radical (unpaired) electrons. The number of esters is 1. The molecule has 1 unspecified atom stereocenters. The highest BCUT2D eigenvalue weighted by molar-refractivity contribution is 5.97. The molecule has 6 nitrogen and oxygen atoms in total. The van der Waals surface area contributed by atoms with Gasteiger partial charge in [-0.25, -0.2) is 4.79 Å². The van der Waals surface area contributed by atoms with Crippen molar-refractivity contribution in [1.82, 2.24) is 5.32 Å². The SMILES string of the molecule is CCNC(=O)C(C)OC(=O)c1ccc(N)cc1N. The van der Waals surface area contributed by atoms with Crippen LogP contribution in [0.4, 0.5) is 11.4 Å². The molecule has 0 heterocycles. The predicted molar refractivity (Wildman–Crippen MR) is 68.8 cm³/mol. The largest absolute Gasteiger partial charge is 0.449 e. The van der Waals surface area contributed by atoms with E-state index in [0.717, 1.165) is 0 Å². The molecular weight excluding hydrogens is 234 g/mol. The van der Waals surface area contributed by atoms with Crippen LogP contribution in [0.1, 0.15) is 24.2 Å². The second-order valence-electron chi connectivity index (χ2n) is 3.79. The molecule has 1 amide bonds. The highest BCUT2D eigenvalue weighted by Crippen LogP contribution is 2.17. The number of nitrogen functional groups attached to an aromatic ring is 2. The summed E-state index contributed by atoms with van der Waals surface area (Å²) in [6.45, 7) is 3.76. The molecule has 98 valence electrons. The molecule has 0 aliphatic rings. The zero-order chi connectivity index (χ0) is 13.7. The Morgan fingerprint density at radius 1 is 1.39 bits per heavy atom. The van der Waals surface area contributed by atoms with Gasteiger partial charge in [0.2, 0.25) is 0 Å². The summed E-state index contributed by atoms with van der Waals surface area (Å²) in [5, 5.41) is 2.56. The molecule has 18 heavy (non-hydrogen) atoms. The third-order valence-electron chi connectivity index (χ3n) is 2.30.